The van der Waals surface area contributed by atoms with E-state index in [1.807, 2.05) is 55.6 Å². The number of aryl methyl sites for hydroxylation is 1. The van der Waals surface area contributed by atoms with Crippen LogP contribution < -0.4 is 0 Å². The van der Waals surface area contributed by atoms with Gasteiger partial charge in [0, 0.05) is 12.5 Å². The topological polar surface area (TPSA) is 55.8 Å². The van der Waals surface area contributed by atoms with Gasteiger partial charge in [-0.3, -0.25) is 9.69 Å². The minimum atomic E-state index is -0.310. The Morgan fingerprint density at radius 1 is 0.971 bits per heavy atom. The Kier molecular flexibility index (Phi) is 7.76. The number of likely N-dealkylation sites (N-methyl/N-ethyl adjacent to an activating group) is 1. The highest BCUT2D eigenvalue weighted by Crippen LogP contribution is 2.41. The van der Waals surface area contributed by atoms with E-state index >= 15 is 0 Å². The fourth-order valence-electron chi connectivity index (χ4n) is 4.91. The molecule has 0 saturated heterocycles. The fourth-order valence-corrected chi connectivity index (χ4v) is 4.91. The third kappa shape index (κ3) is 5.72. The van der Waals surface area contributed by atoms with Crippen molar-refractivity contribution in [2.75, 3.05) is 27.2 Å². The van der Waals surface area contributed by atoms with Crippen LogP contribution in [0.1, 0.15) is 45.0 Å². The average Bonchev–Trinajstić information content (AvgIpc) is 2.87. The van der Waals surface area contributed by atoms with Crippen LogP contribution in [0.2, 0.25) is 0 Å². The summed E-state index contributed by atoms with van der Waals surface area (Å²) in [4.78, 5) is 26.5. The molecular weight excluding hydrogens is 426 g/mol. The number of hydrogen-bond acceptors (Lipinski definition) is 5. The number of ether oxygens (including phenoxy) is 2. The van der Waals surface area contributed by atoms with E-state index in [9.17, 15) is 9.59 Å². The first-order valence-electron chi connectivity index (χ1n) is 11.7. The van der Waals surface area contributed by atoms with Crippen molar-refractivity contribution in [1.82, 2.24) is 4.90 Å². The molecule has 0 spiro atoms. The molecule has 2 unspecified atom stereocenters. The molecule has 3 aromatic carbocycles. The van der Waals surface area contributed by atoms with Gasteiger partial charge in [-0.25, -0.2) is 4.79 Å². The summed E-state index contributed by atoms with van der Waals surface area (Å²) in [6.07, 6.45) is 1.86. The highest BCUT2D eigenvalue weighted by Gasteiger charge is 2.32. The second-order valence-electron chi connectivity index (χ2n) is 8.94. The molecule has 2 atom stereocenters. The summed E-state index contributed by atoms with van der Waals surface area (Å²) in [5, 5.41) is 0. The predicted octanol–water partition coefficient (Wildman–Crippen LogP) is 4.84. The Hall–Kier alpha value is -3.44. The molecule has 0 fully saturated rings. The number of benzene rings is 3. The van der Waals surface area contributed by atoms with E-state index in [4.69, 9.17) is 9.47 Å². The van der Waals surface area contributed by atoms with Gasteiger partial charge in [-0.15, -0.1) is 0 Å². The SMILES string of the molecule is COC(=O)c1ccc2c(c1)CCC(CN(C)CC(=O)OCc1ccccc1)C2c1ccccc1. The number of fused-ring (bicyclic) bond motifs is 1. The summed E-state index contributed by atoms with van der Waals surface area (Å²) in [5.74, 6) is 0.00159. The van der Waals surface area contributed by atoms with E-state index in [1.54, 1.807) is 0 Å². The molecule has 5 nitrogen and oxygen atoms in total. The second kappa shape index (κ2) is 11.1. The number of carbonyl (C=O) groups excluding carboxylic acids is 2. The molecule has 1 aliphatic carbocycles. The molecule has 0 radical (unpaired) electrons. The Morgan fingerprint density at radius 3 is 2.38 bits per heavy atom. The molecule has 0 amide bonds. The smallest absolute Gasteiger partial charge is 0.337 e. The van der Waals surface area contributed by atoms with Gasteiger partial charge in [0.05, 0.1) is 19.2 Å². The third-order valence-electron chi connectivity index (χ3n) is 6.50. The first-order chi connectivity index (χ1) is 16.5. The minimum absolute atomic E-state index is 0.194. The molecule has 0 aromatic heterocycles. The molecule has 0 N–H and O–H groups in total. The zero-order valence-corrected chi connectivity index (χ0v) is 19.8. The van der Waals surface area contributed by atoms with E-state index < -0.39 is 0 Å². The lowest BCUT2D eigenvalue weighted by Crippen LogP contribution is -2.36. The van der Waals surface area contributed by atoms with E-state index in [0.717, 1.165) is 24.9 Å². The van der Waals surface area contributed by atoms with E-state index in [0.29, 0.717) is 18.1 Å². The number of nitrogens with zero attached hydrogens (tertiary/aromatic N) is 1. The van der Waals surface area contributed by atoms with Gasteiger partial charge < -0.3 is 9.47 Å². The van der Waals surface area contributed by atoms with E-state index in [-0.39, 0.29) is 24.4 Å². The van der Waals surface area contributed by atoms with Gasteiger partial charge in [-0.1, -0.05) is 66.7 Å². The van der Waals surface area contributed by atoms with Crippen molar-refractivity contribution >= 4 is 11.9 Å². The summed E-state index contributed by atoms with van der Waals surface area (Å²) in [5.41, 5.74) is 5.26. The van der Waals surface area contributed by atoms with Crippen LogP contribution in [0.15, 0.2) is 78.9 Å². The van der Waals surface area contributed by atoms with Crippen molar-refractivity contribution in [2.24, 2.45) is 5.92 Å². The van der Waals surface area contributed by atoms with Crippen LogP contribution >= 0.6 is 0 Å². The van der Waals surface area contributed by atoms with Gasteiger partial charge in [0.2, 0.25) is 0 Å². The van der Waals surface area contributed by atoms with Crippen molar-refractivity contribution in [1.29, 1.82) is 0 Å². The number of carbonyl (C=O) groups is 2. The van der Waals surface area contributed by atoms with Crippen molar-refractivity contribution < 1.29 is 19.1 Å². The maximum atomic E-state index is 12.4. The van der Waals surface area contributed by atoms with Crippen molar-refractivity contribution in [3.05, 3.63) is 107 Å². The summed E-state index contributed by atoms with van der Waals surface area (Å²) in [7, 11) is 3.38. The minimum Gasteiger partial charge on any atom is -0.465 e. The second-order valence-corrected chi connectivity index (χ2v) is 8.94. The van der Waals surface area contributed by atoms with Crippen LogP contribution in [0.25, 0.3) is 0 Å². The fraction of sp³-hybridized carbons (Fsp3) is 0.310. The number of methoxy groups -OCH3 is 1. The molecule has 4 rings (SSSR count). The standard InChI is InChI=1S/C29H31NO4/c1-30(19-27(31)34-20-21-9-5-3-6-10-21)18-25-14-13-23-17-24(29(32)33-2)15-16-26(23)28(25)22-11-7-4-8-12-22/h3-12,15-17,25,28H,13-14,18-20H2,1-2H3. The van der Waals surface area contributed by atoms with Crippen molar-refractivity contribution in [3.8, 4) is 0 Å². The third-order valence-corrected chi connectivity index (χ3v) is 6.50. The van der Waals surface area contributed by atoms with Crippen LogP contribution in [0.3, 0.4) is 0 Å². The molecule has 3 aromatic rings. The van der Waals surface area contributed by atoms with Gasteiger partial charge in [-0.05, 0) is 60.2 Å². The zero-order chi connectivity index (χ0) is 23.9. The van der Waals surface area contributed by atoms with Gasteiger partial charge in [0.25, 0.3) is 0 Å². The molecule has 0 heterocycles. The summed E-state index contributed by atoms with van der Waals surface area (Å²) >= 11 is 0. The summed E-state index contributed by atoms with van der Waals surface area (Å²) < 4.78 is 10.4. The highest BCUT2D eigenvalue weighted by atomic mass is 16.5. The van der Waals surface area contributed by atoms with Crippen LogP contribution in [-0.4, -0.2) is 44.1 Å². The monoisotopic (exact) mass is 457 g/mol. The van der Waals surface area contributed by atoms with E-state index in [2.05, 4.69) is 35.2 Å². The van der Waals surface area contributed by atoms with Gasteiger partial charge in [0.15, 0.2) is 0 Å². The Bertz CT molecular complexity index is 1110. The lowest BCUT2D eigenvalue weighted by Gasteiger charge is -2.36. The average molecular weight is 458 g/mol. The lowest BCUT2D eigenvalue weighted by molar-refractivity contribution is -0.146. The maximum absolute atomic E-state index is 12.4. The molecule has 0 saturated carbocycles. The summed E-state index contributed by atoms with van der Waals surface area (Å²) in [6.45, 7) is 1.32. The Labute approximate surface area is 201 Å². The predicted molar refractivity (Wildman–Crippen MR) is 132 cm³/mol. The molecule has 176 valence electrons. The van der Waals surface area contributed by atoms with Gasteiger partial charge >= 0.3 is 11.9 Å². The molecular formula is C29H31NO4. The lowest BCUT2D eigenvalue weighted by atomic mass is 9.71. The van der Waals surface area contributed by atoms with Gasteiger partial charge in [0.1, 0.15) is 6.61 Å². The Balaban J connectivity index is 1.47. The molecule has 0 aliphatic heterocycles. The number of rotatable bonds is 8. The molecule has 1 aliphatic rings. The first-order valence-corrected chi connectivity index (χ1v) is 11.7. The Morgan fingerprint density at radius 2 is 1.68 bits per heavy atom. The maximum Gasteiger partial charge on any atom is 0.337 e. The number of hydrogen-bond donors (Lipinski definition) is 0. The number of esters is 2. The molecule has 34 heavy (non-hydrogen) atoms. The largest absolute Gasteiger partial charge is 0.465 e. The van der Waals surface area contributed by atoms with Crippen LogP contribution in [-0.2, 0) is 27.3 Å². The molecule has 5 heteroatoms. The first kappa shape index (κ1) is 23.7. The van der Waals surface area contributed by atoms with Crippen molar-refractivity contribution in [2.45, 2.75) is 25.4 Å². The van der Waals surface area contributed by atoms with Crippen LogP contribution in [0, 0.1) is 5.92 Å². The highest BCUT2D eigenvalue weighted by molar-refractivity contribution is 5.89. The van der Waals surface area contributed by atoms with Crippen LogP contribution in [0.5, 0.6) is 0 Å². The normalized spacial score (nSPS) is 17.1. The zero-order valence-electron chi connectivity index (χ0n) is 19.8. The molecule has 0 bridgehead atoms. The quantitative estimate of drug-likeness (QED) is 0.453. The summed E-state index contributed by atoms with van der Waals surface area (Å²) in [6, 6.07) is 26.1. The van der Waals surface area contributed by atoms with Crippen molar-refractivity contribution in [3.63, 3.8) is 0 Å². The van der Waals surface area contributed by atoms with Gasteiger partial charge in [-0.2, -0.15) is 0 Å². The van der Waals surface area contributed by atoms with E-state index in [1.165, 1.54) is 23.8 Å². The van der Waals surface area contributed by atoms with Crippen LogP contribution in [0.4, 0.5) is 0 Å².